The van der Waals surface area contributed by atoms with Crippen LogP contribution in [0.4, 0.5) is 0 Å². The van der Waals surface area contributed by atoms with Crippen LogP contribution in [0.2, 0.25) is 5.02 Å². The average molecular weight is 293 g/mol. The molecule has 19 heavy (non-hydrogen) atoms. The molecule has 0 bridgehead atoms. The second kappa shape index (κ2) is 6.45. The van der Waals surface area contributed by atoms with Crippen molar-refractivity contribution in [2.75, 3.05) is 5.88 Å². The predicted molar refractivity (Wildman–Crippen MR) is 84.5 cm³/mol. The first-order chi connectivity index (χ1) is 9.13. The molecule has 2 aromatic carbocycles. The molecule has 0 N–H and O–H groups in total. The summed E-state index contributed by atoms with van der Waals surface area (Å²) in [4.78, 5) is 0. The summed E-state index contributed by atoms with van der Waals surface area (Å²) in [5.74, 6) is 0.840. The lowest BCUT2D eigenvalue weighted by Gasteiger charge is -2.18. The third-order valence-electron chi connectivity index (χ3n) is 3.63. The van der Waals surface area contributed by atoms with E-state index in [9.17, 15) is 0 Å². The lowest BCUT2D eigenvalue weighted by atomic mass is 9.89. The van der Waals surface area contributed by atoms with E-state index in [1.165, 1.54) is 16.7 Å². The zero-order valence-electron chi connectivity index (χ0n) is 11.3. The second-order valence-electron chi connectivity index (χ2n) is 4.95. The van der Waals surface area contributed by atoms with Gasteiger partial charge in [-0.15, -0.1) is 11.6 Å². The smallest absolute Gasteiger partial charge is 0.0441 e. The van der Waals surface area contributed by atoms with Crippen molar-refractivity contribution < 1.29 is 0 Å². The molecule has 0 heterocycles. The van der Waals surface area contributed by atoms with Crippen LogP contribution in [0.3, 0.4) is 0 Å². The molecule has 1 unspecified atom stereocenters. The summed E-state index contributed by atoms with van der Waals surface area (Å²) in [5.41, 5.74) is 5.17. The highest BCUT2D eigenvalue weighted by atomic mass is 35.5. The van der Waals surface area contributed by atoms with Gasteiger partial charge < -0.3 is 0 Å². The van der Waals surface area contributed by atoms with Crippen LogP contribution in [-0.4, -0.2) is 5.88 Å². The van der Waals surface area contributed by atoms with E-state index in [1.54, 1.807) is 0 Å². The number of rotatable bonds is 4. The summed E-state index contributed by atoms with van der Waals surface area (Å²) in [6.45, 7) is 4.31. The molecule has 100 valence electrons. The highest BCUT2D eigenvalue weighted by Gasteiger charge is 2.16. The van der Waals surface area contributed by atoms with Gasteiger partial charge >= 0.3 is 0 Å². The van der Waals surface area contributed by atoms with Crippen molar-refractivity contribution in [3.05, 3.63) is 69.7 Å². The van der Waals surface area contributed by atoms with Crippen molar-refractivity contribution in [3.8, 4) is 0 Å². The van der Waals surface area contributed by atoms with Gasteiger partial charge in [0.2, 0.25) is 0 Å². The van der Waals surface area contributed by atoms with Crippen LogP contribution in [-0.2, 0) is 6.42 Å². The van der Waals surface area contributed by atoms with Gasteiger partial charge in [0.25, 0.3) is 0 Å². The van der Waals surface area contributed by atoms with Gasteiger partial charge in [0.15, 0.2) is 0 Å². The molecule has 2 aromatic rings. The Morgan fingerprint density at radius 3 is 2.16 bits per heavy atom. The van der Waals surface area contributed by atoms with E-state index in [0.29, 0.717) is 5.88 Å². The molecule has 0 nitrogen and oxygen atoms in total. The van der Waals surface area contributed by atoms with Crippen LogP contribution < -0.4 is 0 Å². The van der Waals surface area contributed by atoms with Crippen molar-refractivity contribution in [2.45, 2.75) is 26.2 Å². The molecule has 2 rings (SSSR count). The van der Waals surface area contributed by atoms with Crippen LogP contribution in [0.5, 0.6) is 0 Å². The van der Waals surface area contributed by atoms with E-state index < -0.39 is 0 Å². The molecule has 0 fully saturated rings. The fraction of sp³-hybridized carbons (Fsp3) is 0.294. The molecule has 0 spiro atoms. The number of aryl methyl sites for hydroxylation is 2. The molecule has 0 saturated carbocycles. The minimum absolute atomic E-state index is 0.259. The highest BCUT2D eigenvalue weighted by Crippen LogP contribution is 2.30. The lowest BCUT2D eigenvalue weighted by Crippen LogP contribution is -2.08. The highest BCUT2D eigenvalue weighted by molar-refractivity contribution is 6.31. The van der Waals surface area contributed by atoms with E-state index in [4.69, 9.17) is 23.2 Å². The first kappa shape index (κ1) is 14.4. The number of hydrogen-bond donors (Lipinski definition) is 0. The quantitative estimate of drug-likeness (QED) is 0.651. The number of halogens is 2. The Kier molecular flexibility index (Phi) is 4.90. The third kappa shape index (κ3) is 3.32. The monoisotopic (exact) mass is 292 g/mol. The van der Waals surface area contributed by atoms with E-state index >= 15 is 0 Å². The van der Waals surface area contributed by atoms with Gasteiger partial charge in [-0.2, -0.15) is 0 Å². The molecule has 0 aromatic heterocycles. The molecular weight excluding hydrogens is 275 g/mol. The van der Waals surface area contributed by atoms with Gasteiger partial charge in [-0.25, -0.2) is 0 Å². The average Bonchev–Trinajstić information content (AvgIpc) is 2.40. The van der Waals surface area contributed by atoms with Crippen molar-refractivity contribution >= 4 is 23.2 Å². The van der Waals surface area contributed by atoms with Gasteiger partial charge in [0.05, 0.1) is 0 Å². The molecule has 1 atom stereocenters. The SMILES string of the molecule is Cc1cccc(C)c1CC(CCl)c1ccccc1Cl. The summed E-state index contributed by atoms with van der Waals surface area (Å²) >= 11 is 12.5. The van der Waals surface area contributed by atoms with Gasteiger partial charge in [-0.1, -0.05) is 48.0 Å². The molecule has 0 saturated heterocycles. The van der Waals surface area contributed by atoms with Crippen molar-refractivity contribution in [1.82, 2.24) is 0 Å². The Labute approximate surface area is 125 Å². The minimum Gasteiger partial charge on any atom is -0.126 e. The molecule has 0 amide bonds. The van der Waals surface area contributed by atoms with Gasteiger partial charge in [-0.3, -0.25) is 0 Å². The van der Waals surface area contributed by atoms with Crippen LogP contribution in [0.25, 0.3) is 0 Å². The maximum Gasteiger partial charge on any atom is 0.0441 e. The van der Waals surface area contributed by atoms with Crippen molar-refractivity contribution in [2.24, 2.45) is 0 Å². The Hall–Kier alpha value is -0.980. The Bertz CT molecular complexity index is 541. The third-order valence-corrected chi connectivity index (χ3v) is 4.34. The summed E-state index contributed by atoms with van der Waals surface area (Å²) < 4.78 is 0. The van der Waals surface area contributed by atoms with Gasteiger partial charge in [0, 0.05) is 16.8 Å². The number of alkyl halides is 1. The maximum absolute atomic E-state index is 6.28. The summed E-state index contributed by atoms with van der Waals surface area (Å²) in [7, 11) is 0. The lowest BCUT2D eigenvalue weighted by molar-refractivity contribution is 0.758. The Morgan fingerprint density at radius 2 is 1.58 bits per heavy atom. The summed E-state index contributed by atoms with van der Waals surface area (Å²) in [6.07, 6.45) is 0.936. The molecular formula is C17H18Cl2. The molecule has 0 aliphatic carbocycles. The fourth-order valence-electron chi connectivity index (χ4n) is 2.47. The Morgan fingerprint density at radius 1 is 0.947 bits per heavy atom. The van der Waals surface area contributed by atoms with E-state index in [0.717, 1.165) is 17.0 Å². The van der Waals surface area contributed by atoms with Crippen LogP contribution in [0.1, 0.15) is 28.2 Å². The van der Waals surface area contributed by atoms with Crippen molar-refractivity contribution in [3.63, 3.8) is 0 Å². The van der Waals surface area contributed by atoms with E-state index in [1.807, 2.05) is 18.2 Å². The van der Waals surface area contributed by atoms with E-state index in [2.05, 4.69) is 38.1 Å². The van der Waals surface area contributed by atoms with Crippen molar-refractivity contribution in [1.29, 1.82) is 0 Å². The number of benzene rings is 2. The maximum atomic E-state index is 6.28. The first-order valence-corrected chi connectivity index (χ1v) is 7.40. The van der Waals surface area contributed by atoms with Gasteiger partial charge in [-0.05, 0) is 48.6 Å². The topological polar surface area (TPSA) is 0 Å². The molecule has 0 aliphatic rings. The zero-order chi connectivity index (χ0) is 13.8. The predicted octanol–water partition coefficient (Wildman–Crippen LogP) is 5.52. The van der Waals surface area contributed by atoms with Crippen LogP contribution >= 0.6 is 23.2 Å². The first-order valence-electron chi connectivity index (χ1n) is 6.49. The largest absolute Gasteiger partial charge is 0.126 e. The van der Waals surface area contributed by atoms with E-state index in [-0.39, 0.29) is 5.92 Å². The normalized spacial score (nSPS) is 12.4. The summed E-state index contributed by atoms with van der Waals surface area (Å²) in [6, 6.07) is 14.4. The standard InChI is InChI=1S/C17H18Cl2/c1-12-6-5-7-13(2)16(12)10-14(11-18)15-8-3-4-9-17(15)19/h3-9,14H,10-11H2,1-2H3. The molecule has 2 heteroatoms. The van der Waals surface area contributed by atoms with Crippen LogP contribution in [0.15, 0.2) is 42.5 Å². The molecule has 0 aliphatic heterocycles. The number of hydrogen-bond acceptors (Lipinski definition) is 0. The Balaban J connectivity index is 2.32. The van der Waals surface area contributed by atoms with Gasteiger partial charge in [0.1, 0.15) is 0 Å². The minimum atomic E-state index is 0.259. The second-order valence-corrected chi connectivity index (χ2v) is 5.66. The fourth-order valence-corrected chi connectivity index (χ4v) is 3.04. The summed E-state index contributed by atoms with van der Waals surface area (Å²) in [5, 5.41) is 0.805. The zero-order valence-corrected chi connectivity index (χ0v) is 12.8. The molecule has 0 radical (unpaired) electrons. The van der Waals surface area contributed by atoms with Crippen LogP contribution in [0, 0.1) is 13.8 Å².